The van der Waals surface area contributed by atoms with Crippen LogP contribution in [0.4, 0.5) is 0 Å². The van der Waals surface area contributed by atoms with E-state index in [-0.39, 0.29) is 0 Å². The van der Waals surface area contributed by atoms with Crippen molar-refractivity contribution in [1.29, 1.82) is 0 Å². The molecule has 3 atom stereocenters. The Morgan fingerprint density at radius 2 is 1.67 bits per heavy atom. The van der Waals surface area contributed by atoms with Crippen molar-refractivity contribution in [2.75, 3.05) is 39.8 Å². The van der Waals surface area contributed by atoms with Gasteiger partial charge in [-0.2, -0.15) is 0 Å². The number of hydrogen-bond acceptors (Lipinski definition) is 3. The molecular weight excluding hydrogens is 258 g/mol. The van der Waals surface area contributed by atoms with Gasteiger partial charge >= 0.3 is 0 Å². The van der Waals surface area contributed by atoms with Crippen molar-refractivity contribution in [3.63, 3.8) is 0 Å². The molecule has 3 heteroatoms. The van der Waals surface area contributed by atoms with Crippen molar-refractivity contribution >= 4 is 0 Å². The fourth-order valence-corrected chi connectivity index (χ4v) is 4.59. The molecule has 2 aliphatic carbocycles. The maximum atomic E-state index is 3.61. The van der Waals surface area contributed by atoms with Gasteiger partial charge in [0.1, 0.15) is 0 Å². The molecule has 1 aliphatic heterocycles. The third kappa shape index (κ3) is 4.20. The third-order valence-corrected chi connectivity index (χ3v) is 6.08. The summed E-state index contributed by atoms with van der Waals surface area (Å²) in [6.45, 7) is 8.94. The van der Waals surface area contributed by atoms with Crippen LogP contribution in [0.2, 0.25) is 0 Å². The summed E-state index contributed by atoms with van der Waals surface area (Å²) in [6, 6.07) is 1.52. The molecule has 0 aromatic carbocycles. The molecule has 1 heterocycles. The van der Waals surface area contributed by atoms with Crippen LogP contribution in [-0.2, 0) is 0 Å². The van der Waals surface area contributed by atoms with Gasteiger partial charge in [0.25, 0.3) is 0 Å². The Morgan fingerprint density at radius 1 is 0.952 bits per heavy atom. The van der Waals surface area contributed by atoms with Crippen LogP contribution >= 0.6 is 0 Å². The Morgan fingerprint density at radius 3 is 2.29 bits per heavy atom. The molecule has 122 valence electrons. The molecule has 3 unspecified atom stereocenters. The predicted octanol–water partition coefficient (Wildman–Crippen LogP) is 2.57. The van der Waals surface area contributed by atoms with Gasteiger partial charge in [-0.3, -0.25) is 4.90 Å². The Kier molecular flexibility index (Phi) is 5.58. The highest BCUT2D eigenvalue weighted by Crippen LogP contribution is 2.33. The summed E-state index contributed by atoms with van der Waals surface area (Å²) in [6.07, 6.45) is 10.0. The van der Waals surface area contributed by atoms with E-state index in [1.54, 1.807) is 0 Å². The summed E-state index contributed by atoms with van der Waals surface area (Å²) in [5.41, 5.74) is 0. The van der Waals surface area contributed by atoms with Crippen LogP contribution in [0, 0.1) is 11.8 Å². The highest BCUT2D eigenvalue weighted by Gasteiger charge is 2.35. The van der Waals surface area contributed by atoms with Gasteiger partial charge in [0, 0.05) is 44.8 Å². The first kappa shape index (κ1) is 15.8. The van der Waals surface area contributed by atoms with E-state index < -0.39 is 0 Å². The van der Waals surface area contributed by atoms with Gasteiger partial charge in [0.05, 0.1) is 0 Å². The summed E-state index contributed by atoms with van der Waals surface area (Å²) >= 11 is 0. The van der Waals surface area contributed by atoms with Crippen molar-refractivity contribution in [2.45, 2.75) is 64.0 Å². The standard InChI is InChI=1S/C18H35N3/c1-3-4-15-7-8-17(19-2)18(13-15)21-11-9-20(10-12-21)14-16-5-6-16/h15-19H,3-14H2,1-2H3. The minimum Gasteiger partial charge on any atom is -0.315 e. The van der Waals surface area contributed by atoms with Crippen LogP contribution in [0.15, 0.2) is 0 Å². The zero-order chi connectivity index (χ0) is 14.7. The largest absolute Gasteiger partial charge is 0.315 e. The van der Waals surface area contributed by atoms with E-state index >= 15 is 0 Å². The van der Waals surface area contributed by atoms with Crippen LogP contribution < -0.4 is 5.32 Å². The molecule has 3 rings (SSSR count). The molecule has 3 nitrogen and oxygen atoms in total. The van der Waals surface area contributed by atoms with Gasteiger partial charge in [0.15, 0.2) is 0 Å². The number of piperazine rings is 1. The fraction of sp³-hybridized carbons (Fsp3) is 1.00. The van der Waals surface area contributed by atoms with Crippen LogP contribution in [-0.4, -0.2) is 61.7 Å². The summed E-state index contributed by atoms with van der Waals surface area (Å²) in [5.74, 6) is 2.03. The zero-order valence-corrected chi connectivity index (χ0v) is 14.2. The third-order valence-electron chi connectivity index (χ3n) is 6.08. The van der Waals surface area contributed by atoms with Crippen molar-refractivity contribution in [3.05, 3.63) is 0 Å². The second-order valence-corrected chi connectivity index (χ2v) is 7.71. The van der Waals surface area contributed by atoms with Gasteiger partial charge < -0.3 is 10.2 Å². The summed E-state index contributed by atoms with van der Waals surface area (Å²) in [5, 5.41) is 3.61. The zero-order valence-electron chi connectivity index (χ0n) is 14.2. The molecule has 2 saturated carbocycles. The highest BCUT2D eigenvalue weighted by molar-refractivity contribution is 4.92. The van der Waals surface area contributed by atoms with Crippen molar-refractivity contribution in [1.82, 2.24) is 15.1 Å². The summed E-state index contributed by atoms with van der Waals surface area (Å²) < 4.78 is 0. The average Bonchev–Trinajstić information content (AvgIpc) is 3.32. The molecule has 0 aromatic rings. The fourth-order valence-electron chi connectivity index (χ4n) is 4.59. The monoisotopic (exact) mass is 293 g/mol. The molecule has 0 spiro atoms. The molecular formula is C18H35N3. The first-order valence-electron chi connectivity index (χ1n) is 9.43. The van der Waals surface area contributed by atoms with Gasteiger partial charge in [0.2, 0.25) is 0 Å². The second-order valence-electron chi connectivity index (χ2n) is 7.71. The van der Waals surface area contributed by atoms with Crippen molar-refractivity contribution in [3.8, 4) is 0 Å². The number of hydrogen-bond donors (Lipinski definition) is 1. The lowest BCUT2D eigenvalue weighted by atomic mass is 9.79. The SMILES string of the molecule is CCCC1CCC(NC)C(N2CCN(CC3CC3)CC2)C1. The van der Waals surface area contributed by atoms with Gasteiger partial charge in [-0.25, -0.2) is 0 Å². The van der Waals surface area contributed by atoms with Crippen molar-refractivity contribution < 1.29 is 0 Å². The maximum absolute atomic E-state index is 3.61. The number of rotatable bonds is 6. The minimum atomic E-state index is 0.730. The van der Waals surface area contributed by atoms with Gasteiger partial charge in [-0.05, 0) is 51.0 Å². The first-order valence-corrected chi connectivity index (χ1v) is 9.43. The molecule has 0 amide bonds. The van der Waals surface area contributed by atoms with E-state index in [0.29, 0.717) is 0 Å². The molecule has 21 heavy (non-hydrogen) atoms. The summed E-state index contributed by atoms with van der Waals surface area (Å²) in [4.78, 5) is 5.53. The first-order chi connectivity index (χ1) is 10.3. The van der Waals surface area contributed by atoms with Crippen LogP contribution in [0.25, 0.3) is 0 Å². The lowest BCUT2D eigenvalue weighted by Gasteiger charge is -2.46. The average molecular weight is 293 g/mol. The molecule has 1 N–H and O–H groups in total. The molecule has 0 radical (unpaired) electrons. The molecule has 0 bridgehead atoms. The maximum Gasteiger partial charge on any atom is 0.0252 e. The lowest BCUT2D eigenvalue weighted by Crippen LogP contribution is -2.58. The highest BCUT2D eigenvalue weighted by atomic mass is 15.3. The second kappa shape index (κ2) is 7.43. The van der Waals surface area contributed by atoms with Crippen LogP contribution in [0.3, 0.4) is 0 Å². The Labute approximate surface area is 131 Å². The molecule has 3 aliphatic rings. The number of likely N-dealkylation sites (N-methyl/N-ethyl adjacent to an activating group) is 1. The van der Waals surface area contributed by atoms with Gasteiger partial charge in [-0.15, -0.1) is 0 Å². The number of nitrogens with zero attached hydrogens (tertiary/aromatic N) is 2. The predicted molar refractivity (Wildman–Crippen MR) is 89.6 cm³/mol. The molecule has 3 fully saturated rings. The van der Waals surface area contributed by atoms with E-state index in [2.05, 4.69) is 29.1 Å². The minimum absolute atomic E-state index is 0.730. The topological polar surface area (TPSA) is 18.5 Å². The Balaban J connectivity index is 1.50. The molecule has 0 aromatic heterocycles. The van der Waals surface area contributed by atoms with Crippen molar-refractivity contribution in [2.24, 2.45) is 11.8 Å². The Bertz CT molecular complexity index is 308. The van der Waals surface area contributed by atoms with E-state index in [4.69, 9.17) is 0 Å². The summed E-state index contributed by atoms with van der Waals surface area (Å²) in [7, 11) is 2.17. The molecule has 1 saturated heterocycles. The van der Waals surface area contributed by atoms with Crippen LogP contribution in [0.5, 0.6) is 0 Å². The smallest absolute Gasteiger partial charge is 0.0252 e. The quantitative estimate of drug-likeness (QED) is 0.812. The number of nitrogens with one attached hydrogen (secondary N) is 1. The van der Waals surface area contributed by atoms with E-state index in [1.165, 1.54) is 77.7 Å². The lowest BCUT2D eigenvalue weighted by molar-refractivity contribution is 0.0467. The van der Waals surface area contributed by atoms with Crippen LogP contribution in [0.1, 0.15) is 51.9 Å². The normalized spacial score (nSPS) is 36.0. The van der Waals surface area contributed by atoms with E-state index in [1.807, 2.05) is 0 Å². The van der Waals surface area contributed by atoms with E-state index in [9.17, 15) is 0 Å². The Hall–Kier alpha value is -0.120. The van der Waals surface area contributed by atoms with E-state index in [0.717, 1.165) is 23.9 Å². The van der Waals surface area contributed by atoms with Gasteiger partial charge in [-0.1, -0.05) is 19.8 Å².